The lowest BCUT2D eigenvalue weighted by Crippen LogP contribution is -2.56. The van der Waals surface area contributed by atoms with E-state index in [1.165, 1.54) is 77.9 Å². The molecule has 4 heteroatoms. The van der Waals surface area contributed by atoms with Crippen LogP contribution in [0.3, 0.4) is 0 Å². The van der Waals surface area contributed by atoms with Crippen molar-refractivity contribution in [2.45, 2.75) is 51.1 Å². The zero-order chi connectivity index (χ0) is 16.2. The molecule has 2 unspecified atom stereocenters. The van der Waals surface area contributed by atoms with Crippen LogP contribution in [-0.4, -0.2) is 86.7 Å². The van der Waals surface area contributed by atoms with Gasteiger partial charge in [0.2, 0.25) is 0 Å². The summed E-state index contributed by atoms with van der Waals surface area (Å²) in [5.74, 6) is 1.79. The van der Waals surface area contributed by atoms with Crippen LogP contribution in [0.25, 0.3) is 0 Å². The van der Waals surface area contributed by atoms with E-state index in [9.17, 15) is 0 Å². The minimum absolute atomic E-state index is 0.768. The molecule has 23 heavy (non-hydrogen) atoms. The summed E-state index contributed by atoms with van der Waals surface area (Å²) in [6, 6.07) is 1.58. The second-order valence-electron chi connectivity index (χ2n) is 8.51. The lowest BCUT2D eigenvalue weighted by atomic mass is 9.87. The highest BCUT2D eigenvalue weighted by molar-refractivity contribution is 4.90. The molecule has 0 aromatic carbocycles. The Morgan fingerprint density at radius 2 is 1.70 bits per heavy atom. The number of piperidine rings is 3. The standard InChI is InChI=1S/C19H38N4/c1-16-5-12-23(13-6-16)19-14-20-9-4-17(19)15-22(3)18-7-10-21(2)11-8-18/h16-20H,4-15H2,1-3H3. The van der Waals surface area contributed by atoms with E-state index in [0.717, 1.165) is 23.9 Å². The molecule has 0 spiro atoms. The molecule has 1 N–H and O–H groups in total. The van der Waals surface area contributed by atoms with Crippen LogP contribution in [0.2, 0.25) is 0 Å². The van der Waals surface area contributed by atoms with E-state index in [1.807, 2.05) is 0 Å². The monoisotopic (exact) mass is 322 g/mol. The van der Waals surface area contributed by atoms with Crippen LogP contribution in [0, 0.1) is 11.8 Å². The second-order valence-corrected chi connectivity index (χ2v) is 8.51. The molecule has 4 nitrogen and oxygen atoms in total. The lowest BCUT2D eigenvalue weighted by molar-refractivity contribution is 0.0495. The van der Waals surface area contributed by atoms with Crippen molar-refractivity contribution in [3.63, 3.8) is 0 Å². The van der Waals surface area contributed by atoms with Gasteiger partial charge in [-0.25, -0.2) is 0 Å². The van der Waals surface area contributed by atoms with E-state index >= 15 is 0 Å². The highest BCUT2D eigenvalue weighted by atomic mass is 15.2. The Balaban J connectivity index is 1.53. The number of rotatable bonds is 4. The second kappa shape index (κ2) is 8.28. The number of hydrogen-bond donors (Lipinski definition) is 1. The molecular weight excluding hydrogens is 284 g/mol. The number of hydrogen-bond acceptors (Lipinski definition) is 4. The first-order valence-corrected chi connectivity index (χ1v) is 9.97. The maximum absolute atomic E-state index is 3.67. The summed E-state index contributed by atoms with van der Waals surface area (Å²) in [4.78, 5) is 7.98. The molecule has 0 aromatic heterocycles. The largest absolute Gasteiger partial charge is 0.315 e. The van der Waals surface area contributed by atoms with Crippen molar-refractivity contribution in [3.05, 3.63) is 0 Å². The van der Waals surface area contributed by atoms with E-state index in [0.29, 0.717) is 0 Å². The van der Waals surface area contributed by atoms with Gasteiger partial charge in [0.05, 0.1) is 0 Å². The Kier molecular flexibility index (Phi) is 6.36. The zero-order valence-corrected chi connectivity index (χ0v) is 15.6. The van der Waals surface area contributed by atoms with Crippen molar-refractivity contribution in [3.8, 4) is 0 Å². The molecule has 0 bridgehead atoms. The maximum atomic E-state index is 3.67. The molecule has 134 valence electrons. The van der Waals surface area contributed by atoms with Crippen molar-refractivity contribution >= 4 is 0 Å². The van der Waals surface area contributed by atoms with Crippen LogP contribution in [0.15, 0.2) is 0 Å². The fraction of sp³-hybridized carbons (Fsp3) is 1.00. The van der Waals surface area contributed by atoms with Crippen LogP contribution in [0.1, 0.15) is 39.0 Å². The average molecular weight is 323 g/mol. The molecule has 3 aliphatic rings. The Bertz CT molecular complexity index is 345. The molecule has 2 atom stereocenters. The molecule has 3 rings (SSSR count). The molecule has 3 aliphatic heterocycles. The highest BCUT2D eigenvalue weighted by Gasteiger charge is 2.33. The van der Waals surface area contributed by atoms with Gasteiger partial charge in [0.1, 0.15) is 0 Å². The predicted molar refractivity (Wildman–Crippen MR) is 97.9 cm³/mol. The van der Waals surface area contributed by atoms with Crippen LogP contribution < -0.4 is 5.32 Å². The first-order valence-electron chi connectivity index (χ1n) is 9.97. The first kappa shape index (κ1) is 17.7. The van der Waals surface area contributed by atoms with Gasteiger partial charge in [-0.15, -0.1) is 0 Å². The summed E-state index contributed by atoms with van der Waals surface area (Å²) >= 11 is 0. The van der Waals surface area contributed by atoms with Gasteiger partial charge in [-0.05, 0) is 90.8 Å². The molecule has 3 saturated heterocycles. The molecule has 3 heterocycles. The lowest BCUT2D eigenvalue weighted by Gasteiger charge is -2.45. The smallest absolute Gasteiger partial charge is 0.0261 e. The number of nitrogens with one attached hydrogen (secondary N) is 1. The highest BCUT2D eigenvalue weighted by Crippen LogP contribution is 2.26. The Morgan fingerprint density at radius 1 is 1.00 bits per heavy atom. The van der Waals surface area contributed by atoms with E-state index in [2.05, 4.69) is 41.0 Å². The topological polar surface area (TPSA) is 21.8 Å². The zero-order valence-electron chi connectivity index (χ0n) is 15.6. The van der Waals surface area contributed by atoms with E-state index in [4.69, 9.17) is 0 Å². The molecule has 0 aromatic rings. The third-order valence-electron chi connectivity index (χ3n) is 6.71. The summed E-state index contributed by atoms with van der Waals surface area (Å²) in [5.41, 5.74) is 0. The van der Waals surface area contributed by atoms with Crippen molar-refractivity contribution < 1.29 is 0 Å². The average Bonchev–Trinajstić information content (AvgIpc) is 2.57. The normalized spacial score (nSPS) is 33.4. The minimum atomic E-state index is 0.768. The molecule has 0 saturated carbocycles. The maximum Gasteiger partial charge on any atom is 0.0261 e. The molecule has 0 aliphatic carbocycles. The van der Waals surface area contributed by atoms with Crippen LogP contribution in [0.4, 0.5) is 0 Å². The first-order chi connectivity index (χ1) is 11.1. The van der Waals surface area contributed by atoms with Gasteiger partial charge < -0.3 is 15.1 Å². The van der Waals surface area contributed by atoms with Crippen molar-refractivity contribution in [2.24, 2.45) is 11.8 Å². The Morgan fingerprint density at radius 3 is 2.39 bits per heavy atom. The fourth-order valence-corrected chi connectivity index (χ4v) is 4.85. The number of nitrogens with zero attached hydrogens (tertiary/aromatic N) is 3. The van der Waals surface area contributed by atoms with Crippen molar-refractivity contribution in [1.82, 2.24) is 20.0 Å². The van der Waals surface area contributed by atoms with E-state index in [1.54, 1.807) is 0 Å². The quantitative estimate of drug-likeness (QED) is 0.851. The van der Waals surface area contributed by atoms with E-state index < -0.39 is 0 Å². The molecule has 0 amide bonds. The third kappa shape index (κ3) is 4.68. The van der Waals surface area contributed by atoms with Gasteiger partial charge >= 0.3 is 0 Å². The summed E-state index contributed by atoms with van der Waals surface area (Å²) < 4.78 is 0. The van der Waals surface area contributed by atoms with Gasteiger partial charge in [-0.2, -0.15) is 0 Å². The van der Waals surface area contributed by atoms with Crippen LogP contribution in [-0.2, 0) is 0 Å². The summed E-state index contributed by atoms with van der Waals surface area (Å²) in [7, 11) is 4.64. The van der Waals surface area contributed by atoms with Gasteiger partial charge in [0, 0.05) is 25.2 Å². The summed E-state index contributed by atoms with van der Waals surface area (Å²) in [6.45, 7) is 11.3. The van der Waals surface area contributed by atoms with E-state index in [-0.39, 0.29) is 0 Å². The minimum Gasteiger partial charge on any atom is -0.315 e. The van der Waals surface area contributed by atoms with Gasteiger partial charge in [0.25, 0.3) is 0 Å². The van der Waals surface area contributed by atoms with Crippen LogP contribution in [0.5, 0.6) is 0 Å². The molecule has 3 fully saturated rings. The van der Waals surface area contributed by atoms with Gasteiger partial charge in [0.15, 0.2) is 0 Å². The summed E-state index contributed by atoms with van der Waals surface area (Å²) in [5, 5.41) is 3.67. The third-order valence-corrected chi connectivity index (χ3v) is 6.71. The van der Waals surface area contributed by atoms with Crippen molar-refractivity contribution in [1.29, 1.82) is 0 Å². The molecule has 0 radical (unpaired) electrons. The van der Waals surface area contributed by atoms with Crippen LogP contribution >= 0.6 is 0 Å². The SMILES string of the molecule is CC1CCN(C2CNCCC2CN(C)C2CCN(C)CC2)CC1. The predicted octanol–water partition coefficient (Wildman–Crippen LogP) is 1.72. The van der Waals surface area contributed by atoms with Crippen molar-refractivity contribution in [2.75, 3.05) is 59.9 Å². The molecular formula is C19H38N4. The van der Waals surface area contributed by atoms with Gasteiger partial charge in [-0.3, -0.25) is 4.90 Å². The Hall–Kier alpha value is -0.160. The van der Waals surface area contributed by atoms with Gasteiger partial charge in [-0.1, -0.05) is 6.92 Å². The summed E-state index contributed by atoms with van der Waals surface area (Å²) in [6.07, 6.45) is 6.85. The number of likely N-dealkylation sites (tertiary alicyclic amines) is 2. The Labute approximate surface area is 143 Å². The fourth-order valence-electron chi connectivity index (χ4n) is 4.85.